The molecule has 1 N–H and O–H groups in total. The Kier molecular flexibility index (Phi) is 6.31. The number of benzene rings is 2. The van der Waals surface area contributed by atoms with Gasteiger partial charge in [-0.15, -0.1) is 0 Å². The Morgan fingerprint density at radius 1 is 1.06 bits per heavy atom. The monoisotopic (exact) mass is 419 g/mol. The Labute approximate surface area is 181 Å². The highest BCUT2D eigenvalue weighted by Crippen LogP contribution is 2.26. The molecule has 1 fully saturated rings. The van der Waals surface area contributed by atoms with Gasteiger partial charge in [0.1, 0.15) is 17.0 Å². The first-order chi connectivity index (χ1) is 15.1. The lowest BCUT2D eigenvalue weighted by atomic mass is 10.1. The fourth-order valence-electron chi connectivity index (χ4n) is 3.75. The van der Waals surface area contributed by atoms with Gasteiger partial charge in [-0.2, -0.15) is 5.10 Å². The van der Waals surface area contributed by atoms with Crippen molar-refractivity contribution in [1.82, 2.24) is 15.1 Å². The van der Waals surface area contributed by atoms with Crippen molar-refractivity contribution in [3.63, 3.8) is 0 Å². The van der Waals surface area contributed by atoms with Crippen LogP contribution in [0.2, 0.25) is 0 Å². The van der Waals surface area contributed by atoms with E-state index >= 15 is 0 Å². The van der Waals surface area contributed by atoms with E-state index in [1.54, 1.807) is 30.1 Å². The van der Waals surface area contributed by atoms with Gasteiger partial charge in [-0.25, -0.2) is 9.48 Å². The molecule has 0 aliphatic heterocycles. The first-order valence-electron chi connectivity index (χ1n) is 10.4. The second kappa shape index (κ2) is 9.47. The van der Waals surface area contributed by atoms with E-state index in [9.17, 15) is 9.59 Å². The van der Waals surface area contributed by atoms with E-state index in [-0.39, 0.29) is 18.6 Å². The van der Waals surface area contributed by atoms with Crippen LogP contribution in [0.5, 0.6) is 5.75 Å². The molecular weight excluding hydrogens is 394 g/mol. The number of carbonyl (C=O) groups excluding carboxylic acids is 2. The molecule has 1 amide bonds. The summed E-state index contributed by atoms with van der Waals surface area (Å²) in [5.41, 5.74) is 2.34. The zero-order valence-corrected chi connectivity index (χ0v) is 17.4. The van der Waals surface area contributed by atoms with Gasteiger partial charge in [-0.1, -0.05) is 31.0 Å². The number of amides is 1. The average Bonchev–Trinajstić information content (AvgIpc) is 3.48. The number of aromatic nitrogens is 2. The lowest BCUT2D eigenvalue weighted by Crippen LogP contribution is -2.35. The first kappa shape index (κ1) is 20.7. The zero-order chi connectivity index (χ0) is 21.6. The molecule has 1 saturated carbocycles. The molecule has 7 nitrogen and oxygen atoms in total. The van der Waals surface area contributed by atoms with Gasteiger partial charge in [0.2, 0.25) is 0 Å². The van der Waals surface area contributed by atoms with Gasteiger partial charge >= 0.3 is 5.97 Å². The minimum Gasteiger partial charge on any atom is -0.497 e. The molecule has 0 bridgehead atoms. The molecule has 2 aromatic carbocycles. The van der Waals surface area contributed by atoms with Crippen LogP contribution in [0, 0.1) is 0 Å². The molecule has 1 aromatic heterocycles. The number of hydrogen-bond acceptors (Lipinski definition) is 5. The molecular formula is C24H25N3O4. The Bertz CT molecular complexity index is 1040. The average molecular weight is 419 g/mol. The summed E-state index contributed by atoms with van der Waals surface area (Å²) in [5.74, 6) is -0.157. The van der Waals surface area contributed by atoms with Gasteiger partial charge in [-0.05, 0) is 49.2 Å². The summed E-state index contributed by atoms with van der Waals surface area (Å²) in [4.78, 5) is 25.0. The van der Waals surface area contributed by atoms with Crippen molar-refractivity contribution in [2.45, 2.75) is 31.7 Å². The number of rotatable bonds is 7. The smallest absolute Gasteiger partial charge is 0.342 e. The van der Waals surface area contributed by atoms with Gasteiger partial charge in [-0.3, -0.25) is 4.79 Å². The number of esters is 1. The lowest BCUT2D eigenvalue weighted by Gasteiger charge is -2.11. The molecule has 1 aliphatic carbocycles. The molecule has 31 heavy (non-hydrogen) atoms. The van der Waals surface area contributed by atoms with Crippen LogP contribution in [0.1, 0.15) is 36.0 Å². The predicted molar refractivity (Wildman–Crippen MR) is 116 cm³/mol. The normalized spacial score (nSPS) is 13.7. The number of para-hydroxylation sites is 1. The van der Waals surface area contributed by atoms with E-state index < -0.39 is 5.97 Å². The molecule has 1 aliphatic rings. The van der Waals surface area contributed by atoms with Crippen molar-refractivity contribution in [1.29, 1.82) is 0 Å². The molecule has 0 atom stereocenters. The quantitative estimate of drug-likeness (QED) is 0.590. The van der Waals surface area contributed by atoms with Gasteiger partial charge in [0.25, 0.3) is 5.91 Å². The highest BCUT2D eigenvalue weighted by atomic mass is 16.5. The third-order valence-corrected chi connectivity index (χ3v) is 5.37. The molecule has 0 spiro atoms. The highest BCUT2D eigenvalue weighted by molar-refractivity contribution is 5.97. The van der Waals surface area contributed by atoms with Crippen molar-refractivity contribution >= 4 is 11.9 Å². The molecule has 3 aromatic rings. The third-order valence-electron chi connectivity index (χ3n) is 5.37. The van der Waals surface area contributed by atoms with Crippen LogP contribution >= 0.6 is 0 Å². The SMILES string of the molecule is COc1ccc(-c2nn(-c3ccccc3)cc2C(=O)OCC(=O)NC2CCCC2)cc1. The maximum absolute atomic E-state index is 12.9. The van der Waals surface area contributed by atoms with Crippen molar-refractivity contribution < 1.29 is 19.1 Å². The summed E-state index contributed by atoms with van der Waals surface area (Å²) in [7, 11) is 1.60. The molecule has 160 valence electrons. The van der Waals surface area contributed by atoms with Crippen LogP contribution < -0.4 is 10.1 Å². The van der Waals surface area contributed by atoms with E-state index in [0.29, 0.717) is 17.0 Å². The van der Waals surface area contributed by atoms with E-state index in [4.69, 9.17) is 9.47 Å². The fraction of sp³-hybridized carbons (Fsp3) is 0.292. The highest BCUT2D eigenvalue weighted by Gasteiger charge is 2.22. The van der Waals surface area contributed by atoms with Crippen LogP contribution in [0.15, 0.2) is 60.8 Å². The minimum atomic E-state index is -0.588. The number of nitrogens with zero attached hydrogens (tertiary/aromatic N) is 2. The molecule has 0 unspecified atom stereocenters. The van der Waals surface area contributed by atoms with Crippen LogP contribution in [-0.2, 0) is 9.53 Å². The molecule has 1 heterocycles. The van der Waals surface area contributed by atoms with E-state index in [0.717, 1.165) is 36.9 Å². The number of methoxy groups -OCH3 is 1. The molecule has 7 heteroatoms. The van der Waals surface area contributed by atoms with Crippen LogP contribution in [0.25, 0.3) is 16.9 Å². The van der Waals surface area contributed by atoms with E-state index in [1.165, 1.54) is 0 Å². The lowest BCUT2D eigenvalue weighted by molar-refractivity contribution is -0.124. The standard InChI is InChI=1S/C24H25N3O4/c1-30-20-13-11-17(12-14-20)23-21(15-27(26-23)19-9-3-2-4-10-19)24(29)31-16-22(28)25-18-7-5-6-8-18/h2-4,9-15,18H,5-8,16H2,1H3,(H,25,28). The van der Waals surface area contributed by atoms with E-state index in [1.807, 2.05) is 42.5 Å². The molecule has 0 saturated heterocycles. The Hall–Kier alpha value is -3.61. The summed E-state index contributed by atoms with van der Waals surface area (Å²) in [6.45, 7) is -0.312. The van der Waals surface area contributed by atoms with E-state index in [2.05, 4.69) is 10.4 Å². The maximum Gasteiger partial charge on any atom is 0.342 e. The van der Waals surface area contributed by atoms with Gasteiger partial charge in [0.15, 0.2) is 6.61 Å². The second-order valence-electron chi connectivity index (χ2n) is 7.53. The number of carbonyl (C=O) groups is 2. The summed E-state index contributed by atoms with van der Waals surface area (Å²) in [6, 6.07) is 17.0. The summed E-state index contributed by atoms with van der Waals surface area (Å²) in [6.07, 6.45) is 5.83. The maximum atomic E-state index is 12.9. The summed E-state index contributed by atoms with van der Waals surface area (Å²) in [5, 5.41) is 7.54. The predicted octanol–water partition coefficient (Wildman–Crippen LogP) is 3.76. The Morgan fingerprint density at radius 2 is 1.77 bits per heavy atom. The molecule has 0 radical (unpaired) electrons. The van der Waals surface area contributed by atoms with Crippen molar-refractivity contribution in [2.75, 3.05) is 13.7 Å². The fourth-order valence-corrected chi connectivity index (χ4v) is 3.75. The van der Waals surface area contributed by atoms with Crippen LogP contribution in [0.3, 0.4) is 0 Å². The minimum absolute atomic E-state index is 0.182. The zero-order valence-electron chi connectivity index (χ0n) is 17.4. The second-order valence-corrected chi connectivity index (χ2v) is 7.53. The number of hydrogen-bond donors (Lipinski definition) is 1. The van der Waals surface area contributed by atoms with Crippen molar-refractivity contribution in [3.05, 3.63) is 66.4 Å². The largest absolute Gasteiger partial charge is 0.497 e. The summed E-state index contributed by atoms with van der Waals surface area (Å²) < 4.78 is 12.2. The van der Waals surface area contributed by atoms with Gasteiger partial charge < -0.3 is 14.8 Å². The first-order valence-corrected chi connectivity index (χ1v) is 10.4. The number of nitrogens with one attached hydrogen (secondary N) is 1. The van der Waals surface area contributed by atoms with Crippen molar-refractivity contribution in [2.24, 2.45) is 0 Å². The van der Waals surface area contributed by atoms with Gasteiger partial charge in [0.05, 0.1) is 12.8 Å². The van der Waals surface area contributed by atoms with Gasteiger partial charge in [0, 0.05) is 17.8 Å². The Morgan fingerprint density at radius 3 is 2.45 bits per heavy atom. The summed E-state index contributed by atoms with van der Waals surface area (Å²) >= 11 is 0. The molecule has 4 rings (SSSR count). The van der Waals surface area contributed by atoms with Crippen LogP contribution in [-0.4, -0.2) is 41.4 Å². The Balaban J connectivity index is 1.56. The topological polar surface area (TPSA) is 82.5 Å². The number of ether oxygens (including phenoxy) is 2. The van der Waals surface area contributed by atoms with Crippen molar-refractivity contribution in [3.8, 4) is 22.7 Å². The van der Waals surface area contributed by atoms with Crippen LogP contribution in [0.4, 0.5) is 0 Å². The third kappa shape index (κ3) is 4.94.